The van der Waals surface area contributed by atoms with Crippen LogP contribution < -0.4 is 4.90 Å². The number of rotatable bonds is 6. The van der Waals surface area contributed by atoms with Gasteiger partial charge in [-0.3, -0.25) is 9.59 Å². The molecule has 1 N–H and O–H groups in total. The molecule has 0 fully saturated rings. The highest BCUT2D eigenvalue weighted by atomic mass is 79.9. The number of benzene rings is 1. The number of carbonyl (C=O) groups excluding carboxylic acids is 2. The molecule has 1 aromatic heterocycles. The van der Waals surface area contributed by atoms with E-state index in [2.05, 4.69) is 22.5 Å². The van der Waals surface area contributed by atoms with E-state index in [0.29, 0.717) is 17.0 Å². The van der Waals surface area contributed by atoms with Crippen LogP contribution in [0.25, 0.3) is 6.08 Å². The van der Waals surface area contributed by atoms with Crippen LogP contribution in [0.2, 0.25) is 0 Å². The summed E-state index contributed by atoms with van der Waals surface area (Å²) in [7, 11) is 0. The van der Waals surface area contributed by atoms with E-state index < -0.39 is 11.5 Å². The molecule has 0 bridgehead atoms. The number of hydrogen-bond donors (Lipinski definition) is 1. The molecule has 0 saturated carbocycles. The van der Waals surface area contributed by atoms with Crippen molar-refractivity contribution in [3.63, 3.8) is 0 Å². The molecule has 2 aromatic rings. The lowest BCUT2D eigenvalue weighted by Gasteiger charge is -2.21. The van der Waals surface area contributed by atoms with E-state index >= 15 is 0 Å². The van der Waals surface area contributed by atoms with Gasteiger partial charge in [-0.25, -0.2) is 0 Å². The summed E-state index contributed by atoms with van der Waals surface area (Å²) in [5.41, 5.74) is -0.904. The number of nitrogens with zero attached hydrogens (tertiary/aromatic N) is 1. The highest BCUT2D eigenvalue weighted by Gasteiger charge is 2.50. The molecule has 0 saturated heterocycles. The lowest BCUT2D eigenvalue weighted by Crippen LogP contribution is -2.41. The molecule has 1 aromatic carbocycles. The number of allylic oxidation sites excluding steroid dienone is 1. The minimum atomic E-state index is -1.90. The minimum absolute atomic E-state index is 0.256. The average Bonchev–Trinajstić information content (AvgIpc) is 3.16. The van der Waals surface area contributed by atoms with Gasteiger partial charge in [0.25, 0.3) is 5.91 Å². The van der Waals surface area contributed by atoms with Crippen molar-refractivity contribution < 1.29 is 19.1 Å². The van der Waals surface area contributed by atoms with Gasteiger partial charge in [0.05, 0.1) is 18.4 Å². The molecule has 2 heterocycles. The SMILES string of the molecule is C=CCN1C(=O)C(O)(CC(=O)C=Cc2ccco2)c2cc(Br)ccc21. The molecule has 1 aliphatic rings. The van der Waals surface area contributed by atoms with E-state index in [0.717, 1.165) is 4.47 Å². The summed E-state index contributed by atoms with van der Waals surface area (Å²) in [6, 6.07) is 8.60. The molecule has 0 aliphatic carbocycles. The number of carbonyl (C=O) groups is 2. The molecule has 1 amide bonds. The van der Waals surface area contributed by atoms with Crippen molar-refractivity contribution in [1.82, 2.24) is 0 Å². The fraction of sp³-hybridized carbons (Fsp3) is 0.158. The van der Waals surface area contributed by atoms with Gasteiger partial charge >= 0.3 is 0 Å². The van der Waals surface area contributed by atoms with Crippen molar-refractivity contribution in [2.24, 2.45) is 0 Å². The fourth-order valence-corrected chi connectivity index (χ4v) is 3.24. The van der Waals surface area contributed by atoms with E-state index in [9.17, 15) is 14.7 Å². The second-order valence-electron chi connectivity index (χ2n) is 5.72. The van der Waals surface area contributed by atoms with Crippen molar-refractivity contribution in [2.45, 2.75) is 12.0 Å². The lowest BCUT2D eigenvalue weighted by atomic mass is 9.90. The summed E-state index contributed by atoms with van der Waals surface area (Å²) in [5, 5.41) is 11.0. The van der Waals surface area contributed by atoms with Crippen molar-refractivity contribution >= 4 is 39.4 Å². The predicted molar refractivity (Wildman–Crippen MR) is 98.0 cm³/mol. The van der Waals surface area contributed by atoms with E-state index in [1.54, 1.807) is 36.4 Å². The zero-order chi connectivity index (χ0) is 18.0. The van der Waals surface area contributed by atoms with Crippen molar-refractivity contribution in [2.75, 3.05) is 11.4 Å². The van der Waals surface area contributed by atoms with Crippen LogP contribution in [-0.2, 0) is 15.2 Å². The number of halogens is 1. The molecule has 25 heavy (non-hydrogen) atoms. The minimum Gasteiger partial charge on any atom is -0.465 e. The quantitative estimate of drug-likeness (QED) is 0.594. The van der Waals surface area contributed by atoms with Crippen LogP contribution in [0.5, 0.6) is 0 Å². The van der Waals surface area contributed by atoms with E-state index in [-0.39, 0.29) is 18.7 Å². The first-order chi connectivity index (χ1) is 12.0. The van der Waals surface area contributed by atoms with Crippen LogP contribution in [0.15, 0.2) is 64.2 Å². The molecule has 0 radical (unpaired) electrons. The van der Waals surface area contributed by atoms with Crippen molar-refractivity contribution in [3.8, 4) is 0 Å². The Morgan fingerprint density at radius 2 is 2.20 bits per heavy atom. The molecule has 1 atom stereocenters. The molecule has 1 aliphatic heterocycles. The van der Waals surface area contributed by atoms with Crippen LogP contribution in [0.4, 0.5) is 5.69 Å². The van der Waals surface area contributed by atoms with Crippen LogP contribution >= 0.6 is 15.9 Å². The van der Waals surface area contributed by atoms with E-state index in [1.165, 1.54) is 23.3 Å². The molecular formula is C19H16BrNO4. The number of hydrogen-bond acceptors (Lipinski definition) is 4. The molecule has 1 unspecified atom stereocenters. The maximum atomic E-state index is 12.8. The average molecular weight is 402 g/mol. The smallest absolute Gasteiger partial charge is 0.264 e. The summed E-state index contributed by atoms with van der Waals surface area (Å²) in [4.78, 5) is 26.5. The maximum Gasteiger partial charge on any atom is 0.264 e. The monoisotopic (exact) mass is 401 g/mol. The first-order valence-electron chi connectivity index (χ1n) is 7.65. The van der Waals surface area contributed by atoms with E-state index in [1.807, 2.05) is 0 Å². The number of amides is 1. The molecule has 128 valence electrons. The topological polar surface area (TPSA) is 70.8 Å². The second-order valence-corrected chi connectivity index (χ2v) is 6.63. The standard InChI is InChI=1S/C19H16BrNO4/c1-2-9-21-17-8-5-13(20)11-16(17)19(24,18(21)23)12-14(22)6-7-15-4-3-10-25-15/h2-8,10-11,24H,1,9,12H2. The molecule has 6 heteroatoms. The van der Waals surface area contributed by atoms with Gasteiger partial charge in [0.1, 0.15) is 5.76 Å². The Balaban J connectivity index is 1.91. The maximum absolute atomic E-state index is 12.8. The van der Waals surface area contributed by atoms with Gasteiger partial charge in [-0.2, -0.15) is 0 Å². The Hall–Kier alpha value is -2.44. The first kappa shape index (κ1) is 17.4. The van der Waals surface area contributed by atoms with E-state index in [4.69, 9.17) is 4.42 Å². The Kier molecular flexibility index (Phi) is 4.74. The van der Waals surface area contributed by atoms with Crippen LogP contribution in [0.3, 0.4) is 0 Å². The van der Waals surface area contributed by atoms with Gasteiger partial charge in [0.2, 0.25) is 0 Å². The Labute approximate surface area is 153 Å². The highest BCUT2D eigenvalue weighted by Crippen LogP contribution is 2.43. The Morgan fingerprint density at radius 3 is 2.88 bits per heavy atom. The number of fused-ring (bicyclic) bond motifs is 1. The van der Waals surface area contributed by atoms with Crippen LogP contribution in [0.1, 0.15) is 17.7 Å². The van der Waals surface area contributed by atoms with Gasteiger partial charge in [-0.15, -0.1) is 6.58 Å². The zero-order valence-corrected chi connectivity index (χ0v) is 14.9. The third-order valence-corrected chi connectivity index (χ3v) is 4.51. The van der Waals surface area contributed by atoms with Gasteiger partial charge in [-0.1, -0.05) is 22.0 Å². The Morgan fingerprint density at radius 1 is 1.40 bits per heavy atom. The van der Waals surface area contributed by atoms with Gasteiger partial charge in [0.15, 0.2) is 11.4 Å². The lowest BCUT2D eigenvalue weighted by molar-refractivity contribution is -0.140. The van der Waals surface area contributed by atoms with Gasteiger partial charge in [-0.05, 0) is 42.5 Å². The zero-order valence-electron chi connectivity index (χ0n) is 13.3. The summed E-state index contributed by atoms with van der Waals surface area (Å²) >= 11 is 3.35. The van der Waals surface area contributed by atoms with Gasteiger partial charge in [0, 0.05) is 16.6 Å². The number of ketones is 1. The summed E-state index contributed by atoms with van der Waals surface area (Å²) in [6.07, 6.45) is 5.54. The van der Waals surface area contributed by atoms with Crippen molar-refractivity contribution in [3.05, 3.63) is 71.1 Å². The number of anilines is 1. The summed E-state index contributed by atoms with van der Waals surface area (Å²) in [5.74, 6) is -0.381. The first-order valence-corrected chi connectivity index (χ1v) is 8.44. The van der Waals surface area contributed by atoms with Crippen LogP contribution in [0, 0.1) is 0 Å². The molecular weight excluding hydrogens is 386 g/mol. The molecule has 0 spiro atoms. The predicted octanol–water partition coefficient (Wildman–Crippen LogP) is 3.43. The largest absolute Gasteiger partial charge is 0.465 e. The summed E-state index contributed by atoms with van der Waals surface area (Å²) < 4.78 is 5.85. The summed E-state index contributed by atoms with van der Waals surface area (Å²) in [6.45, 7) is 3.90. The highest BCUT2D eigenvalue weighted by molar-refractivity contribution is 9.10. The number of furan rings is 1. The molecule has 5 nitrogen and oxygen atoms in total. The molecule has 3 rings (SSSR count). The fourth-order valence-electron chi connectivity index (χ4n) is 2.88. The third-order valence-electron chi connectivity index (χ3n) is 4.01. The van der Waals surface area contributed by atoms with Gasteiger partial charge < -0.3 is 14.4 Å². The van der Waals surface area contributed by atoms with Crippen molar-refractivity contribution in [1.29, 1.82) is 0 Å². The number of aliphatic hydroxyl groups is 1. The van der Waals surface area contributed by atoms with Crippen LogP contribution in [-0.4, -0.2) is 23.3 Å². The Bertz CT molecular complexity index is 856. The third kappa shape index (κ3) is 3.23. The normalized spacial score (nSPS) is 19.4. The second kappa shape index (κ2) is 6.82.